The maximum absolute atomic E-state index is 12.7. The Morgan fingerprint density at radius 2 is 1.46 bits per heavy atom. The third-order valence-electron chi connectivity index (χ3n) is 7.01. The molecule has 0 amide bonds. The molecule has 0 spiro atoms. The maximum Gasteiger partial charge on any atom is 0.156 e. The van der Waals surface area contributed by atoms with Crippen molar-refractivity contribution in [1.82, 2.24) is 9.97 Å². The van der Waals surface area contributed by atoms with Gasteiger partial charge in [0, 0.05) is 46.3 Å². The zero-order valence-corrected chi connectivity index (χ0v) is 22.9. The van der Waals surface area contributed by atoms with Crippen LogP contribution in [0.1, 0.15) is 19.4 Å². The van der Waals surface area contributed by atoms with Gasteiger partial charge in [0.1, 0.15) is 0 Å². The molecule has 5 aromatic rings. The first kappa shape index (κ1) is 25.2. The second-order valence-electron chi connectivity index (χ2n) is 9.62. The molecule has 2 aromatic heterocycles. The van der Waals surface area contributed by atoms with Crippen LogP contribution >= 0.6 is 11.8 Å². The van der Waals surface area contributed by atoms with E-state index < -0.39 is 14.6 Å². The number of thioether (sulfide) groups is 1. The van der Waals surface area contributed by atoms with Crippen molar-refractivity contribution in [3.63, 3.8) is 0 Å². The Hall–Kier alpha value is -3.48. The SMILES string of the molecule is CSc1cccc(-c2ccncc2-c2cccc(-c3cc(C(C)(C)S(C)(=O)=O)cc4cccnc34)c2)c1. The van der Waals surface area contributed by atoms with Gasteiger partial charge in [-0.1, -0.05) is 36.4 Å². The van der Waals surface area contributed by atoms with E-state index in [2.05, 4.69) is 58.7 Å². The summed E-state index contributed by atoms with van der Waals surface area (Å²) in [6.45, 7) is 3.51. The molecule has 0 aliphatic carbocycles. The van der Waals surface area contributed by atoms with Crippen molar-refractivity contribution < 1.29 is 8.42 Å². The van der Waals surface area contributed by atoms with Gasteiger partial charge in [-0.05, 0) is 90.4 Å². The Labute approximate surface area is 222 Å². The van der Waals surface area contributed by atoms with E-state index >= 15 is 0 Å². The van der Waals surface area contributed by atoms with Crippen molar-refractivity contribution in [2.24, 2.45) is 0 Å². The van der Waals surface area contributed by atoms with Crippen molar-refractivity contribution in [3.05, 3.63) is 103 Å². The second kappa shape index (κ2) is 9.77. The number of pyridine rings is 2. The number of sulfone groups is 1. The van der Waals surface area contributed by atoms with Crippen LogP contribution in [0, 0.1) is 0 Å². The molecule has 0 unspecified atom stereocenters. The van der Waals surface area contributed by atoms with Crippen LogP contribution in [-0.2, 0) is 14.6 Å². The van der Waals surface area contributed by atoms with E-state index in [1.165, 1.54) is 11.2 Å². The molecule has 0 aliphatic heterocycles. The molecule has 5 rings (SSSR count). The van der Waals surface area contributed by atoms with Crippen LogP contribution in [-0.4, -0.2) is 30.9 Å². The lowest BCUT2D eigenvalue weighted by Crippen LogP contribution is -2.28. The average Bonchev–Trinajstić information content (AvgIpc) is 2.92. The summed E-state index contributed by atoms with van der Waals surface area (Å²) in [6.07, 6.45) is 8.86. The van der Waals surface area contributed by atoms with Crippen LogP contribution in [0.5, 0.6) is 0 Å². The fourth-order valence-corrected chi connectivity index (χ4v) is 5.50. The van der Waals surface area contributed by atoms with Crippen LogP contribution < -0.4 is 0 Å². The first-order valence-electron chi connectivity index (χ1n) is 12.0. The van der Waals surface area contributed by atoms with Crippen LogP contribution in [0.4, 0.5) is 0 Å². The van der Waals surface area contributed by atoms with E-state index in [0.29, 0.717) is 0 Å². The minimum Gasteiger partial charge on any atom is -0.264 e. The predicted molar refractivity (Wildman–Crippen MR) is 155 cm³/mol. The highest BCUT2D eigenvalue weighted by molar-refractivity contribution is 7.98. The smallest absolute Gasteiger partial charge is 0.156 e. The quantitative estimate of drug-likeness (QED) is 0.214. The molecule has 0 N–H and O–H groups in total. The molecule has 0 radical (unpaired) electrons. The fraction of sp³-hybridized carbons (Fsp3) is 0.161. The molecule has 37 heavy (non-hydrogen) atoms. The Balaban J connectivity index is 1.70. The van der Waals surface area contributed by atoms with Gasteiger partial charge in [-0.2, -0.15) is 0 Å². The third-order valence-corrected chi connectivity index (χ3v) is 9.83. The minimum atomic E-state index is -3.35. The fourth-order valence-electron chi connectivity index (χ4n) is 4.50. The lowest BCUT2D eigenvalue weighted by Gasteiger charge is -2.24. The number of rotatable bonds is 6. The van der Waals surface area contributed by atoms with Crippen LogP contribution in [0.2, 0.25) is 0 Å². The zero-order chi connectivity index (χ0) is 26.2. The van der Waals surface area contributed by atoms with Crippen LogP contribution in [0.15, 0.2) is 102 Å². The highest BCUT2D eigenvalue weighted by Gasteiger charge is 2.33. The molecule has 186 valence electrons. The molecule has 0 bridgehead atoms. The summed E-state index contributed by atoms with van der Waals surface area (Å²) in [5.74, 6) is 0. The molecule has 2 heterocycles. The Kier molecular flexibility index (Phi) is 6.65. The Bertz CT molecular complexity index is 1730. The zero-order valence-electron chi connectivity index (χ0n) is 21.3. The van der Waals surface area contributed by atoms with Crippen LogP contribution in [0.25, 0.3) is 44.3 Å². The standard InChI is InChI=1S/C31H28N2O2S2/c1-31(2,37(4,34)35)25-17-24-11-7-14-33-30(24)28(19-25)21-8-5-9-22(16-21)29-20-32-15-13-27(29)23-10-6-12-26(18-23)36-3/h5-20H,1-4H3. The van der Waals surface area contributed by atoms with Crippen molar-refractivity contribution in [2.75, 3.05) is 12.5 Å². The third kappa shape index (κ3) is 4.79. The van der Waals surface area contributed by atoms with Gasteiger partial charge in [0.25, 0.3) is 0 Å². The summed E-state index contributed by atoms with van der Waals surface area (Å²) in [5, 5.41) is 0.910. The minimum absolute atomic E-state index is 0.742. The maximum atomic E-state index is 12.7. The van der Waals surface area contributed by atoms with Gasteiger partial charge < -0.3 is 0 Å². The van der Waals surface area contributed by atoms with Crippen LogP contribution in [0.3, 0.4) is 0 Å². The van der Waals surface area contributed by atoms with Gasteiger partial charge in [0.05, 0.1) is 10.3 Å². The molecule has 0 saturated carbocycles. The van der Waals surface area contributed by atoms with Crippen molar-refractivity contribution in [3.8, 4) is 33.4 Å². The molecule has 0 atom stereocenters. The van der Waals surface area contributed by atoms with Gasteiger partial charge in [-0.3, -0.25) is 9.97 Å². The number of benzene rings is 3. The molecule has 0 aliphatic rings. The number of aromatic nitrogens is 2. The first-order valence-corrected chi connectivity index (χ1v) is 15.1. The van der Waals surface area contributed by atoms with Crippen molar-refractivity contribution in [2.45, 2.75) is 23.5 Å². The van der Waals surface area contributed by atoms with Gasteiger partial charge in [-0.25, -0.2) is 8.42 Å². The van der Waals surface area contributed by atoms with E-state index in [4.69, 9.17) is 0 Å². The molecule has 3 aromatic carbocycles. The molecule has 0 saturated heterocycles. The van der Waals surface area contributed by atoms with Crippen molar-refractivity contribution in [1.29, 1.82) is 0 Å². The number of hydrogen-bond acceptors (Lipinski definition) is 5. The summed E-state index contributed by atoms with van der Waals surface area (Å²) < 4.78 is 24.3. The lowest BCUT2D eigenvalue weighted by molar-refractivity contribution is 0.561. The summed E-state index contributed by atoms with van der Waals surface area (Å²) in [7, 11) is -3.35. The molecule has 6 heteroatoms. The topological polar surface area (TPSA) is 59.9 Å². The molecule has 0 fully saturated rings. The monoisotopic (exact) mass is 524 g/mol. The highest BCUT2D eigenvalue weighted by atomic mass is 32.2. The molecular formula is C31H28N2O2S2. The van der Waals surface area contributed by atoms with Gasteiger partial charge in [0.15, 0.2) is 9.84 Å². The number of fused-ring (bicyclic) bond motifs is 1. The first-order chi connectivity index (χ1) is 17.7. The number of nitrogens with zero attached hydrogens (tertiary/aromatic N) is 2. The normalized spacial score (nSPS) is 12.1. The summed E-state index contributed by atoms with van der Waals surface area (Å²) in [4.78, 5) is 10.3. The van der Waals surface area contributed by atoms with Crippen molar-refractivity contribution >= 4 is 32.5 Å². The number of hydrogen-bond donors (Lipinski definition) is 0. The summed E-state index contributed by atoms with van der Waals surface area (Å²) in [6, 6.07) is 26.6. The highest BCUT2D eigenvalue weighted by Crippen LogP contribution is 2.39. The van der Waals surface area contributed by atoms with E-state index in [0.717, 1.165) is 49.8 Å². The van der Waals surface area contributed by atoms with Gasteiger partial charge in [0.2, 0.25) is 0 Å². The molecule has 4 nitrogen and oxygen atoms in total. The van der Waals surface area contributed by atoms with Gasteiger partial charge in [-0.15, -0.1) is 11.8 Å². The Morgan fingerprint density at radius 3 is 2.19 bits per heavy atom. The van der Waals surface area contributed by atoms with E-state index in [1.807, 2.05) is 48.8 Å². The van der Waals surface area contributed by atoms with E-state index in [-0.39, 0.29) is 0 Å². The second-order valence-corrected chi connectivity index (χ2v) is 13.1. The Morgan fingerprint density at radius 1 is 0.757 bits per heavy atom. The average molecular weight is 525 g/mol. The van der Waals surface area contributed by atoms with Gasteiger partial charge >= 0.3 is 0 Å². The van der Waals surface area contributed by atoms with E-state index in [1.54, 1.807) is 31.8 Å². The van der Waals surface area contributed by atoms with E-state index in [9.17, 15) is 8.42 Å². The summed E-state index contributed by atoms with van der Waals surface area (Å²) in [5.41, 5.74) is 7.77. The largest absolute Gasteiger partial charge is 0.264 e. The lowest BCUT2D eigenvalue weighted by atomic mass is 9.91. The predicted octanol–water partition coefficient (Wildman–Crippen LogP) is 7.63. The summed E-state index contributed by atoms with van der Waals surface area (Å²) >= 11 is 1.72. The molecular weight excluding hydrogens is 496 g/mol.